The number of amides is 2. The maximum atomic E-state index is 15.0. The van der Waals surface area contributed by atoms with Gasteiger partial charge in [-0.15, -0.1) is 0 Å². The number of methoxy groups -OCH3 is 2. The van der Waals surface area contributed by atoms with Crippen LogP contribution >= 0.6 is 0 Å². The minimum Gasteiger partial charge on any atom is -0.497 e. The largest absolute Gasteiger partial charge is 0.497 e. The number of carbonyl (C=O) groups is 3. The second-order valence-corrected chi connectivity index (χ2v) is 11.7. The van der Waals surface area contributed by atoms with Crippen LogP contribution in [0.3, 0.4) is 0 Å². The summed E-state index contributed by atoms with van der Waals surface area (Å²) in [6.07, 6.45) is 0.117. The Morgan fingerprint density at radius 2 is 1.64 bits per heavy atom. The molecular weight excluding hydrogens is 513 g/mol. The molecule has 0 unspecified atom stereocenters. The van der Waals surface area contributed by atoms with Crippen LogP contribution in [-0.2, 0) is 20.9 Å². The number of ketones is 1. The molecule has 39 heavy (non-hydrogen) atoms. The molecule has 1 N–H and O–H groups in total. The number of nitrogens with one attached hydrogen (secondary N) is 1. The van der Waals surface area contributed by atoms with E-state index in [4.69, 9.17) is 9.47 Å². The van der Waals surface area contributed by atoms with Crippen LogP contribution in [0.1, 0.15) is 77.2 Å². The average Bonchev–Trinajstić information content (AvgIpc) is 3.10. The summed E-state index contributed by atoms with van der Waals surface area (Å²) in [6.45, 7) is 3.31. The van der Waals surface area contributed by atoms with E-state index in [0.29, 0.717) is 23.5 Å². The maximum Gasteiger partial charge on any atom is 0.425 e. The molecule has 0 aromatic heterocycles. The number of hydrogen-bond donors (Lipinski definition) is 1. The van der Waals surface area contributed by atoms with Crippen LogP contribution in [0.25, 0.3) is 0 Å². The van der Waals surface area contributed by atoms with Crippen molar-refractivity contribution in [2.75, 3.05) is 14.2 Å². The average molecular weight is 551 g/mol. The Bertz CT molecular complexity index is 1150. The van der Waals surface area contributed by atoms with Crippen molar-refractivity contribution < 1.29 is 37.0 Å². The highest BCUT2D eigenvalue weighted by molar-refractivity contribution is 6.13. The first kappa shape index (κ1) is 29.0. The third-order valence-electron chi connectivity index (χ3n) is 8.13. The number of benzene rings is 1. The zero-order chi connectivity index (χ0) is 28.6. The van der Waals surface area contributed by atoms with Crippen LogP contribution in [-0.4, -0.2) is 48.4 Å². The lowest BCUT2D eigenvalue weighted by atomic mass is 9.72. The summed E-state index contributed by atoms with van der Waals surface area (Å²) in [4.78, 5) is 41.3. The molecule has 1 atom stereocenters. The van der Waals surface area contributed by atoms with Gasteiger partial charge >= 0.3 is 6.18 Å². The number of halogens is 3. The van der Waals surface area contributed by atoms with E-state index in [1.165, 1.54) is 14.2 Å². The zero-order valence-electron chi connectivity index (χ0n) is 23.0. The molecule has 1 aliphatic heterocycles. The number of alkyl halides is 3. The number of nitrogens with zero attached hydrogens (tertiary/aromatic N) is 1. The molecule has 4 rings (SSSR count). The van der Waals surface area contributed by atoms with E-state index in [0.717, 1.165) is 37.0 Å². The van der Waals surface area contributed by atoms with Crippen LogP contribution < -0.4 is 14.8 Å². The van der Waals surface area contributed by atoms with Crippen LogP contribution in [0.4, 0.5) is 13.2 Å². The molecule has 1 aromatic rings. The summed E-state index contributed by atoms with van der Waals surface area (Å²) in [5, 5.41) is 2.06. The molecule has 10 heteroatoms. The lowest BCUT2D eigenvalue weighted by Crippen LogP contribution is -2.66. The maximum absolute atomic E-state index is 15.0. The van der Waals surface area contributed by atoms with E-state index in [2.05, 4.69) is 5.32 Å². The van der Waals surface area contributed by atoms with Crippen LogP contribution in [0.15, 0.2) is 29.5 Å². The minimum atomic E-state index is -5.22. The predicted molar refractivity (Wildman–Crippen MR) is 138 cm³/mol. The highest BCUT2D eigenvalue weighted by atomic mass is 19.4. The lowest BCUT2D eigenvalue weighted by molar-refractivity contribution is -0.194. The quantitative estimate of drug-likeness (QED) is 0.464. The van der Waals surface area contributed by atoms with Gasteiger partial charge in [0.25, 0.3) is 5.91 Å². The Morgan fingerprint density at radius 3 is 2.21 bits per heavy atom. The van der Waals surface area contributed by atoms with Gasteiger partial charge in [-0.2, -0.15) is 13.2 Å². The summed E-state index contributed by atoms with van der Waals surface area (Å²) in [6, 6.07) is 4.81. The van der Waals surface area contributed by atoms with Gasteiger partial charge in [0.15, 0.2) is 5.78 Å². The van der Waals surface area contributed by atoms with E-state index in [1.807, 2.05) is 0 Å². The van der Waals surface area contributed by atoms with Crippen LogP contribution in [0.2, 0.25) is 0 Å². The molecule has 1 aromatic carbocycles. The summed E-state index contributed by atoms with van der Waals surface area (Å²) in [5.74, 6) is -1.92. The smallest absolute Gasteiger partial charge is 0.425 e. The third kappa shape index (κ3) is 5.65. The highest BCUT2D eigenvalue weighted by Crippen LogP contribution is 2.52. The first-order valence-electron chi connectivity index (χ1n) is 13.5. The summed E-state index contributed by atoms with van der Waals surface area (Å²) in [7, 11) is 2.89. The Hall–Kier alpha value is -3.04. The normalized spacial score (nSPS) is 23.6. The standard InChI is InChI=1S/C29H37F3N2O5/c1-27(2)15-22-25(23(35)16-27)28(29(30,31)32,33-24(36)11-10-18-8-6-5-7-9-18)26(37)34(22)17-19-12-20(38-3)14-21(13-19)39-4/h12-14,18H,5-11,15-17H2,1-4H3,(H,33,36)/t28-/m0/s1. The fourth-order valence-corrected chi connectivity index (χ4v) is 6.22. The van der Waals surface area contributed by atoms with Crippen molar-refractivity contribution >= 4 is 17.6 Å². The van der Waals surface area contributed by atoms with Gasteiger partial charge in [0.2, 0.25) is 11.4 Å². The SMILES string of the molecule is COc1cc(CN2C(=O)[C@](NC(=O)CCC3CCCCC3)(C(F)(F)F)C3=C2CC(C)(C)CC3=O)cc(OC)c1. The van der Waals surface area contributed by atoms with Gasteiger partial charge in [0, 0.05) is 24.6 Å². The first-order valence-corrected chi connectivity index (χ1v) is 13.5. The second-order valence-electron chi connectivity index (χ2n) is 11.7. The first-order chi connectivity index (χ1) is 18.3. The topological polar surface area (TPSA) is 84.9 Å². The van der Waals surface area contributed by atoms with Gasteiger partial charge in [-0.25, -0.2) is 0 Å². The fraction of sp³-hybridized carbons (Fsp3) is 0.621. The Kier molecular flexibility index (Phi) is 8.06. The van der Waals surface area contributed by atoms with Crippen molar-refractivity contribution in [3.63, 3.8) is 0 Å². The summed E-state index contributed by atoms with van der Waals surface area (Å²) >= 11 is 0. The number of hydrogen-bond acceptors (Lipinski definition) is 5. The van der Waals surface area contributed by atoms with Crippen LogP contribution in [0, 0.1) is 11.3 Å². The Balaban J connectivity index is 1.73. The van der Waals surface area contributed by atoms with Crippen molar-refractivity contribution in [3.8, 4) is 11.5 Å². The predicted octanol–water partition coefficient (Wildman–Crippen LogP) is 5.47. The fourth-order valence-electron chi connectivity index (χ4n) is 6.22. The van der Waals surface area contributed by atoms with Gasteiger partial charge in [-0.3, -0.25) is 14.4 Å². The summed E-state index contributed by atoms with van der Waals surface area (Å²) < 4.78 is 55.6. The van der Waals surface area contributed by atoms with E-state index in [9.17, 15) is 14.4 Å². The van der Waals surface area contributed by atoms with Gasteiger partial charge in [-0.1, -0.05) is 46.0 Å². The molecule has 2 aliphatic carbocycles. The van der Waals surface area contributed by atoms with Gasteiger partial charge < -0.3 is 19.7 Å². The number of carbonyl (C=O) groups excluding carboxylic acids is 3. The van der Waals surface area contributed by atoms with E-state index < -0.39 is 40.3 Å². The molecule has 0 spiro atoms. The van der Waals surface area contributed by atoms with Crippen molar-refractivity contribution in [1.82, 2.24) is 10.2 Å². The van der Waals surface area contributed by atoms with Gasteiger partial charge in [-0.05, 0) is 41.9 Å². The Labute approximate surface area is 227 Å². The van der Waals surface area contributed by atoms with Crippen molar-refractivity contribution in [2.24, 2.45) is 11.3 Å². The molecule has 1 saturated carbocycles. The number of rotatable bonds is 8. The van der Waals surface area contributed by atoms with Gasteiger partial charge in [0.05, 0.1) is 26.3 Å². The molecular formula is C29H37F3N2O5. The van der Waals surface area contributed by atoms with E-state index in [-0.39, 0.29) is 37.4 Å². The lowest BCUT2D eigenvalue weighted by Gasteiger charge is -2.35. The molecule has 3 aliphatic rings. The zero-order valence-corrected chi connectivity index (χ0v) is 23.0. The molecule has 1 fully saturated rings. The molecule has 1 heterocycles. The van der Waals surface area contributed by atoms with E-state index in [1.54, 1.807) is 32.0 Å². The van der Waals surface area contributed by atoms with E-state index >= 15 is 13.2 Å². The molecule has 2 amide bonds. The minimum absolute atomic E-state index is 0.00735. The van der Waals surface area contributed by atoms with Crippen molar-refractivity contribution in [1.29, 1.82) is 0 Å². The second kappa shape index (κ2) is 10.8. The molecule has 7 nitrogen and oxygen atoms in total. The molecule has 0 bridgehead atoms. The van der Waals surface area contributed by atoms with Crippen molar-refractivity contribution in [3.05, 3.63) is 35.0 Å². The van der Waals surface area contributed by atoms with Crippen molar-refractivity contribution in [2.45, 2.75) is 89.9 Å². The van der Waals surface area contributed by atoms with Crippen LogP contribution in [0.5, 0.6) is 11.5 Å². The Morgan fingerprint density at radius 1 is 1.03 bits per heavy atom. The number of allylic oxidation sites excluding steroid dienone is 1. The third-order valence-corrected chi connectivity index (χ3v) is 8.13. The number of Topliss-reactive ketones (excluding diaryl/α,β-unsaturated/α-hetero) is 1. The molecule has 0 radical (unpaired) electrons. The molecule has 214 valence electrons. The highest BCUT2D eigenvalue weighted by Gasteiger charge is 2.71. The monoisotopic (exact) mass is 550 g/mol. The number of ether oxygens (including phenoxy) is 2. The molecule has 0 saturated heterocycles. The summed E-state index contributed by atoms with van der Waals surface area (Å²) in [5.41, 5.74) is -4.26. The van der Waals surface area contributed by atoms with Gasteiger partial charge in [0.1, 0.15) is 11.5 Å².